The zero-order chi connectivity index (χ0) is 49.3. The lowest BCUT2D eigenvalue weighted by Crippen LogP contribution is -2.35. The summed E-state index contributed by atoms with van der Waals surface area (Å²) in [7, 11) is 0. The summed E-state index contributed by atoms with van der Waals surface area (Å²) in [4.78, 5) is 54.5. The van der Waals surface area contributed by atoms with Crippen LogP contribution in [-0.4, -0.2) is 54.2 Å². The second-order valence-electron chi connectivity index (χ2n) is 18.1. The van der Waals surface area contributed by atoms with Crippen LogP contribution in [-0.2, 0) is 16.0 Å². The molecule has 4 unspecified atom stereocenters. The number of fused-ring (bicyclic) bond motifs is 3. The van der Waals surface area contributed by atoms with E-state index in [1.807, 2.05) is 49.4 Å². The van der Waals surface area contributed by atoms with E-state index in [1.54, 1.807) is 72.8 Å². The molecule has 1 aliphatic heterocycles. The molecule has 11 heteroatoms. The van der Waals surface area contributed by atoms with Crippen molar-refractivity contribution in [1.82, 2.24) is 0 Å². The first-order chi connectivity index (χ1) is 34.5. The molecule has 6 aromatic rings. The Labute approximate surface area is 412 Å². The summed E-state index contributed by atoms with van der Waals surface area (Å²) in [5.74, 6) is -0.0469. The fourth-order valence-electron chi connectivity index (χ4n) is 9.14. The number of carbonyl (C=O) groups excluding carboxylic acids is 3. The molecule has 6 aromatic carbocycles. The van der Waals surface area contributed by atoms with Gasteiger partial charge in [-0.05, 0) is 151 Å². The van der Waals surface area contributed by atoms with E-state index < -0.39 is 29.3 Å². The molecule has 10 nitrogen and oxygen atoms in total. The quantitative estimate of drug-likeness (QED) is 0.0502. The number of allylic oxidation sites excluding steroid dienone is 8. The van der Waals surface area contributed by atoms with Crippen molar-refractivity contribution >= 4 is 40.9 Å². The van der Waals surface area contributed by atoms with Gasteiger partial charge in [0.15, 0.2) is 11.6 Å². The average Bonchev–Trinajstić information content (AvgIpc) is 3.62. The van der Waals surface area contributed by atoms with Crippen LogP contribution in [0.3, 0.4) is 0 Å². The summed E-state index contributed by atoms with van der Waals surface area (Å²) in [6.07, 6.45) is 18.3. The molecule has 3 N–H and O–H groups in total. The summed E-state index contributed by atoms with van der Waals surface area (Å²) >= 11 is 0. The number of aldehydes is 1. The van der Waals surface area contributed by atoms with Gasteiger partial charge in [0.2, 0.25) is 0 Å². The molecule has 0 radical (unpaired) electrons. The highest BCUT2D eigenvalue weighted by Crippen LogP contribution is 2.39. The average molecular weight is 946 g/mol. The minimum Gasteiger partial charge on any atom is -0.492 e. The molecular weight excluding hydrogens is 894 g/mol. The number of ether oxygens (including phenoxy) is 2. The number of nitrogens with one attached hydrogen (secondary N) is 2. The van der Waals surface area contributed by atoms with Crippen LogP contribution >= 0.6 is 0 Å². The summed E-state index contributed by atoms with van der Waals surface area (Å²) in [5, 5.41) is 16.6. The summed E-state index contributed by atoms with van der Waals surface area (Å²) < 4.78 is 25.9. The van der Waals surface area contributed by atoms with Gasteiger partial charge in [-0.2, -0.15) is 0 Å². The Morgan fingerprint density at radius 3 is 2.07 bits per heavy atom. The van der Waals surface area contributed by atoms with E-state index in [9.17, 15) is 28.7 Å². The lowest BCUT2D eigenvalue weighted by Gasteiger charge is -2.33. The van der Waals surface area contributed by atoms with Crippen molar-refractivity contribution in [1.29, 1.82) is 0 Å². The summed E-state index contributed by atoms with van der Waals surface area (Å²) in [5.41, 5.74) is 6.32. The van der Waals surface area contributed by atoms with Gasteiger partial charge in [0.25, 0.3) is 0 Å². The van der Waals surface area contributed by atoms with Crippen LogP contribution in [0.2, 0.25) is 0 Å². The molecule has 0 spiro atoms. The largest absolute Gasteiger partial charge is 0.492 e. The molecule has 356 valence electrons. The molecule has 0 fully saturated rings. The van der Waals surface area contributed by atoms with Gasteiger partial charge in [0.1, 0.15) is 42.0 Å². The third-order valence-corrected chi connectivity index (χ3v) is 12.9. The molecule has 2 aliphatic carbocycles. The van der Waals surface area contributed by atoms with E-state index in [4.69, 9.17) is 9.47 Å². The number of benzene rings is 6. The normalized spacial score (nSPS) is 17.4. The van der Waals surface area contributed by atoms with Gasteiger partial charge in [0, 0.05) is 50.9 Å². The highest BCUT2D eigenvalue weighted by molar-refractivity contribution is 6.13. The third kappa shape index (κ3) is 11.3. The zero-order valence-corrected chi connectivity index (χ0v) is 39.0. The number of nitrogens with zero attached hydrogens (tertiary/aromatic N) is 1. The number of rotatable bonds is 20. The van der Waals surface area contributed by atoms with Gasteiger partial charge < -0.3 is 34.9 Å². The summed E-state index contributed by atoms with van der Waals surface area (Å²) in [6.45, 7) is 3.12. The van der Waals surface area contributed by atoms with Crippen molar-refractivity contribution in [2.75, 3.05) is 28.7 Å². The van der Waals surface area contributed by atoms with Crippen LogP contribution in [0.25, 0.3) is 0 Å². The maximum absolute atomic E-state index is 13.9. The topological polar surface area (TPSA) is 134 Å². The van der Waals surface area contributed by atoms with Crippen molar-refractivity contribution < 1.29 is 38.1 Å². The Bertz CT molecular complexity index is 3100. The standard InChI is InChI=1S/C60H52FN3O7/c1-60(38-55(59(68)69)63-54-16-8-5-14-52(54)57(66)41-20-24-44(61)25-21-41)32-30-49(31-33-60)71-48-28-22-42(23-29-48)58(67)51-13-4-7-15-53(51)62-45(39-65)36-40-18-26-47(27-19-40)70-35-34-64-46-11-3-2-10-43(37-46)50-12-6-9-17-56(50)64/h2-32,37,39,43,45,55,62-63H,33-36,38H2,1H3,(H,68,69). The van der Waals surface area contributed by atoms with E-state index >= 15 is 0 Å². The first-order valence-electron chi connectivity index (χ1n) is 23.6. The number of carbonyl (C=O) groups is 4. The second-order valence-corrected chi connectivity index (χ2v) is 18.1. The monoisotopic (exact) mass is 945 g/mol. The van der Waals surface area contributed by atoms with E-state index in [2.05, 4.69) is 70.2 Å². The fourth-order valence-corrected chi connectivity index (χ4v) is 9.14. The number of ketones is 2. The molecular formula is C60H52FN3O7. The van der Waals surface area contributed by atoms with Gasteiger partial charge in [-0.25, -0.2) is 9.18 Å². The summed E-state index contributed by atoms with van der Waals surface area (Å²) in [6, 6.07) is 40.4. The van der Waals surface area contributed by atoms with Crippen LogP contribution in [0.1, 0.15) is 68.7 Å². The van der Waals surface area contributed by atoms with Crippen molar-refractivity contribution in [3.8, 4) is 11.5 Å². The van der Waals surface area contributed by atoms with Crippen molar-refractivity contribution in [3.63, 3.8) is 0 Å². The Kier molecular flexibility index (Phi) is 14.3. The molecule has 4 atom stereocenters. The fraction of sp³-hybridized carbons (Fsp3) is 0.167. The molecule has 0 amide bonds. The molecule has 1 heterocycles. The minimum absolute atomic E-state index is 0.206. The number of hydrogen-bond donors (Lipinski definition) is 3. The van der Waals surface area contributed by atoms with E-state index in [1.165, 1.54) is 35.5 Å². The SMILES string of the molecule is CC1(CC(Nc2ccccc2C(=O)c2ccc(F)cc2)C(=O)O)C=CC(Oc2ccc(C(=O)c3ccccc3NC(C=O)Cc3ccc(OCCN4C5=CC(C=CC=C5)c5ccccc54)cc3)cc2)=CC1. The van der Waals surface area contributed by atoms with Crippen LogP contribution in [0.15, 0.2) is 206 Å². The molecule has 0 saturated heterocycles. The van der Waals surface area contributed by atoms with E-state index in [-0.39, 0.29) is 35.0 Å². The highest BCUT2D eigenvalue weighted by Gasteiger charge is 2.32. The number of anilines is 3. The van der Waals surface area contributed by atoms with Crippen molar-refractivity contribution in [3.05, 3.63) is 245 Å². The molecule has 3 aliphatic rings. The first kappa shape index (κ1) is 47.5. The molecule has 9 rings (SSSR count). The highest BCUT2D eigenvalue weighted by atomic mass is 19.1. The van der Waals surface area contributed by atoms with E-state index in [0.717, 1.165) is 23.3 Å². The molecule has 0 aromatic heterocycles. The Hall–Kier alpha value is -8.57. The number of carboxylic acid groups (broad SMARTS) is 1. The van der Waals surface area contributed by atoms with Crippen molar-refractivity contribution in [2.24, 2.45) is 5.41 Å². The van der Waals surface area contributed by atoms with Gasteiger partial charge in [-0.1, -0.05) is 85.8 Å². The molecule has 2 bridgehead atoms. The third-order valence-electron chi connectivity index (χ3n) is 12.9. The van der Waals surface area contributed by atoms with Crippen LogP contribution in [0.5, 0.6) is 11.5 Å². The number of hydrogen-bond acceptors (Lipinski definition) is 9. The second kappa shape index (κ2) is 21.4. The van der Waals surface area contributed by atoms with Gasteiger partial charge >= 0.3 is 5.97 Å². The number of aliphatic carboxylic acids is 1. The van der Waals surface area contributed by atoms with Gasteiger partial charge in [0.05, 0.1) is 12.6 Å². The predicted molar refractivity (Wildman–Crippen MR) is 275 cm³/mol. The van der Waals surface area contributed by atoms with Crippen LogP contribution < -0.4 is 25.0 Å². The zero-order valence-electron chi connectivity index (χ0n) is 39.0. The first-order valence-corrected chi connectivity index (χ1v) is 23.6. The molecule has 0 saturated carbocycles. The van der Waals surface area contributed by atoms with E-state index in [0.29, 0.717) is 60.0 Å². The van der Waals surface area contributed by atoms with Crippen LogP contribution in [0.4, 0.5) is 21.5 Å². The minimum atomic E-state index is -1.07. The molecule has 71 heavy (non-hydrogen) atoms. The number of halogens is 1. The lowest BCUT2D eigenvalue weighted by molar-refractivity contribution is -0.138. The Morgan fingerprint density at radius 2 is 1.41 bits per heavy atom. The lowest BCUT2D eigenvalue weighted by atomic mass is 9.78. The maximum Gasteiger partial charge on any atom is 0.326 e. The smallest absolute Gasteiger partial charge is 0.326 e. The Morgan fingerprint density at radius 1 is 0.775 bits per heavy atom. The number of para-hydroxylation sites is 3. The van der Waals surface area contributed by atoms with Crippen LogP contribution in [0, 0.1) is 11.2 Å². The Balaban J connectivity index is 0.770. The predicted octanol–water partition coefficient (Wildman–Crippen LogP) is 11.7. The van der Waals surface area contributed by atoms with Gasteiger partial charge in [-0.3, -0.25) is 9.59 Å². The number of carboxylic acids is 1. The maximum atomic E-state index is 13.9. The van der Waals surface area contributed by atoms with Crippen molar-refractivity contribution in [2.45, 2.75) is 44.2 Å². The van der Waals surface area contributed by atoms with Gasteiger partial charge in [-0.15, -0.1) is 0 Å².